The minimum Gasteiger partial charge on any atom is -0.477 e. The summed E-state index contributed by atoms with van der Waals surface area (Å²) < 4.78 is 5.78. The lowest BCUT2D eigenvalue weighted by Crippen LogP contribution is -2.33. The minimum atomic E-state index is 0.615. The molecule has 94 valence electrons. The van der Waals surface area contributed by atoms with Gasteiger partial charge in [-0.05, 0) is 32.7 Å². The molecule has 1 aromatic rings. The molecule has 0 aliphatic carbocycles. The van der Waals surface area contributed by atoms with Crippen LogP contribution >= 0.6 is 0 Å². The van der Waals surface area contributed by atoms with Crippen LogP contribution in [0.5, 0.6) is 5.88 Å². The highest BCUT2D eigenvalue weighted by atomic mass is 16.5. The number of ether oxygens (including phenoxy) is 1. The van der Waals surface area contributed by atoms with E-state index >= 15 is 0 Å². The number of hydrogen-bond donors (Lipinski definition) is 1. The van der Waals surface area contributed by atoms with Crippen molar-refractivity contribution < 1.29 is 4.74 Å². The maximum Gasteiger partial charge on any atom is 0.216 e. The maximum absolute atomic E-state index is 5.78. The molecular weight excluding hydrogens is 214 g/mol. The predicted molar refractivity (Wildman–Crippen MR) is 67.2 cm³/mol. The van der Waals surface area contributed by atoms with E-state index in [2.05, 4.69) is 22.2 Å². The van der Waals surface area contributed by atoms with Crippen molar-refractivity contribution in [2.45, 2.75) is 33.1 Å². The number of aryl methyl sites for hydroxylation is 2. The van der Waals surface area contributed by atoms with Crippen LogP contribution < -0.4 is 10.1 Å². The SMILES string of the molecule is CCc1cc(OCC2CCCNC2)nc(C)n1. The standard InChI is InChI=1S/C13H21N3O/c1-3-12-7-13(16-10(2)15-12)17-9-11-5-4-6-14-8-11/h7,11,14H,3-6,8-9H2,1-2H3. The molecule has 2 rings (SSSR count). The number of rotatable bonds is 4. The third kappa shape index (κ3) is 3.66. The van der Waals surface area contributed by atoms with Gasteiger partial charge in [0.05, 0.1) is 6.61 Å². The lowest BCUT2D eigenvalue weighted by molar-refractivity contribution is 0.211. The minimum absolute atomic E-state index is 0.615. The molecule has 1 unspecified atom stereocenters. The van der Waals surface area contributed by atoms with Gasteiger partial charge >= 0.3 is 0 Å². The summed E-state index contributed by atoms with van der Waals surface area (Å²) in [4.78, 5) is 8.66. The summed E-state index contributed by atoms with van der Waals surface area (Å²) in [6.07, 6.45) is 3.42. The zero-order valence-electron chi connectivity index (χ0n) is 10.7. The number of hydrogen-bond acceptors (Lipinski definition) is 4. The summed E-state index contributed by atoms with van der Waals surface area (Å²) in [5, 5.41) is 3.39. The molecule has 1 fully saturated rings. The van der Waals surface area contributed by atoms with Gasteiger partial charge in [-0.2, -0.15) is 4.98 Å². The Morgan fingerprint density at radius 3 is 3.06 bits per heavy atom. The van der Waals surface area contributed by atoms with Crippen molar-refractivity contribution in [2.24, 2.45) is 5.92 Å². The van der Waals surface area contributed by atoms with Crippen molar-refractivity contribution >= 4 is 0 Å². The Labute approximate surface area is 103 Å². The Balaban J connectivity index is 1.91. The van der Waals surface area contributed by atoms with Crippen molar-refractivity contribution in [2.75, 3.05) is 19.7 Å². The molecule has 1 aromatic heterocycles. The second-order valence-corrected chi connectivity index (χ2v) is 4.62. The molecule has 4 nitrogen and oxygen atoms in total. The van der Waals surface area contributed by atoms with Gasteiger partial charge < -0.3 is 10.1 Å². The molecular formula is C13H21N3O. The van der Waals surface area contributed by atoms with Gasteiger partial charge in [-0.3, -0.25) is 0 Å². The molecule has 1 aliphatic rings. The van der Waals surface area contributed by atoms with Gasteiger partial charge in [0.15, 0.2) is 0 Å². The number of nitrogens with zero attached hydrogens (tertiary/aromatic N) is 2. The van der Waals surface area contributed by atoms with Crippen molar-refractivity contribution in [3.05, 3.63) is 17.6 Å². The summed E-state index contributed by atoms with van der Waals surface area (Å²) in [6.45, 7) is 6.96. The van der Waals surface area contributed by atoms with Crippen molar-refractivity contribution in [3.8, 4) is 5.88 Å². The summed E-state index contributed by atoms with van der Waals surface area (Å²) in [6, 6.07) is 1.95. The van der Waals surface area contributed by atoms with E-state index < -0.39 is 0 Å². The first-order chi connectivity index (χ1) is 8.28. The second-order valence-electron chi connectivity index (χ2n) is 4.62. The maximum atomic E-state index is 5.78. The second kappa shape index (κ2) is 5.96. The predicted octanol–water partition coefficient (Wildman–Crippen LogP) is 1.73. The van der Waals surface area contributed by atoms with Gasteiger partial charge in [0.1, 0.15) is 5.82 Å². The quantitative estimate of drug-likeness (QED) is 0.863. The highest BCUT2D eigenvalue weighted by molar-refractivity contribution is 5.16. The fourth-order valence-electron chi connectivity index (χ4n) is 2.12. The monoisotopic (exact) mass is 235 g/mol. The largest absolute Gasteiger partial charge is 0.477 e. The highest BCUT2D eigenvalue weighted by Crippen LogP contribution is 2.14. The van der Waals surface area contributed by atoms with E-state index in [0.717, 1.165) is 43.5 Å². The molecule has 2 heterocycles. The molecule has 4 heteroatoms. The normalized spacial score (nSPS) is 20.2. The van der Waals surface area contributed by atoms with Gasteiger partial charge in [0.2, 0.25) is 5.88 Å². The van der Waals surface area contributed by atoms with E-state index in [-0.39, 0.29) is 0 Å². The first-order valence-electron chi connectivity index (χ1n) is 6.46. The van der Waals surface area contributed by atoms with E-state index in [9.17, 15) is 0 Å². The molecule has 0 radical (unpaired) electrons. The fourth-order valence-corrected chi connectivity index (χ4v) is 2.12. The zero-order chi connectivity index (χ0) is 12.1. The number of piperidine rings is 1. The fraction of sp³-hybridized carbons (Fsp3) is 0.692. The zero-order valence-corrected chi connectivity index (χ0v) is 10.7. The van der Waals surface area contributed by atoms with Gasteiger partial charge in [-0.1, -0.05) is 6.92 Å². The first-order valence-corrected chi connectivity index (χ1v) is 6.46. The number of nitrogens with one attached hydrogen (secondary N) is 1. The third-order valence-corrected chi connectivity index (χ3v) is 3.10. The Hall–Kier alpha value is -1.16. The molecule has 0 bridgehead atoms. The van der Waals surface area contributed by atoms with Crippen LogP contribution in [0.4, 0.5) is 0 Å². The molecule has 1 saturated heterocycles. The van der Waals surface area contributed by atoms with Crippen molar-refractivity contribution in [3.63, 3.8) is 0 Å². The van der Waals surface area contributed by atoms with Gasteiger partial charge in [-0.25, -0.2) is 4.98 Å². The van der Waals surface area contributed by atoms with Crippen LogP contribution in [0.15, 0.2) is 6.07 Å². The molecule has 0 saturated carbocycles. The molecule has 0 spiro atoms. The molecule has 0 aromatic carbocycles. The average Bonchev–Trinajstić information content (AvgIpc) is 2.37. The van der Waals surface area contributed by atoms with E-state index in [4.69, 9.17) is 4.74 Å². The van der Waals surface area contributed by atoms with Crippen molar-refractivity contribution in [1.82, 2.24) is 15.3 Å². The van der Waals surface area contributed by atoms with Crippen LogP contribution in [0.1, 0.15) is 31.3 Å². The molecule has 1 aliphatic heterocycles. The lowest BCUT2D eigenvalue weighted by atomic mass is 10.0. The summed E-state index contributed by atoms with van der Waals surface area (Å²) in [5.74, 6) is 2.13. The van der Waals surface area contributed by atoms with Gasteiger partial charge in [0.25, 0.3) is 0 Å². The molecule has 0 amide bonds. The average molecular weight is 235 g/mol. The van der Waals surface area contributed by atoms with Crippen LogP contribution in [0.25, 0.3) is 0 Å². The first kappa shape index (κ1) is 12.3. The smallest absolute Gasteiger partial charge is 0.216 e. The molecule has 17 heavy (non-hydrogen) atoms. The summed E-state index contributed by atoms with van der Waals surface area (Å²) >= 11 is 0. The van der Waals surface area contributed by atoms with Crippen LogP contribution in [0.2, 0.25) is 0 Å². The van der Waals surface area contributed by atoms with Crippen LogP contribution in [-0.2, 0) is 6.42 Å². The Bertz CT molecular complexity index is 362. The van der Waals surface area contributed by atoms with Crippen LogP contribution in [0.3, 0.4) is 0 Å². The highest BCUT2D eigenvalue weighted by Gasteiger charge is 2.14. The van der Waals surface area contributed by atoms with Crippen LogP contribution in [0, 0.1) is 12.8 Å². The Kier molecular flexibility index (Phi) is 4.31. The van der Waals surface area contributed by atoms with E-state index in [0.29, 0.717) is 5.92 Å². The van der Waals surface area contributed by atoms with Crippen molar-refractivity contribution in [1.29, 1.82) is 0 Å². The Morgan fingerprint density at radius 1 is 1.47 bits per heavy atom. The Morgan fingerprint density at radius 2 is 2.35 bits per heavy atom. The summed E-state index contributed by atoms with van der Waals surface area (Å²) in [7, 11) is 0. The van der Waals surface area contributed by atoms with Gasteiger partial charge in [-0.15, -0.1) is 0 Å². The molecule has 1 atom stereocenters. The van der Waals surface area contributed by atoms with Crippen LogP contribution in [-0.4, -0.2) is 29.7 Å². The van der Waals surface area contributed by atoms with Gasteiger partial charge in [0, 0.05) is 24.2 Å². The molecule has 1 N–H and O–H groups in total. The van der Waals surface area contributed by atoms with E-state index in [1.54, 1.807) is 0 Å². The topological polar surface area (TPSA) is 47.0 Å². The number of aromatic nitrogens is 2. The lowest BCUT2D eigenvalue weighted by Gasteiger charge is -2.22. The summed E-state index contributed by atoms with van der Waals surface area (Å²) in [5.41, 5.74) is 1.05. The van der Waals surface area contributed by atoms with E-state index in [1.165, 1.54) is 12.8 Å². The van der Waals surface area contributed by atoms with E-state index in [1.807, 2.05) is 13.0 Å². The third-order valence-electron chi connectivity index (χ3n) is 3.10.